The third-order valence-corrected chi connectivity index (χ3v) is 10.6. The van der Waals surface area contributed by atoms with E-state index in [0.717, 1.165) is 23.4 Å². The van der Waals surface area contributed by atoms with Gasteiger partial charge >= 0.3 is 29.4 Å². The number of phosphoric acid groups is 3. The Balaban J connectivity index is 1.22. The van der Waals surface area contributed by atoms with Crippen LogP contribution < -0.4 is 10.3 Å². The normalized spacial score (nSPS) is 29.6. The fourth-order valence-corrected chi connectivity index (χ4v) is 7.79. The van der Waals surface area contributed by atoms with E-state index in [9.17, 15) is 58.5 Å². The number of nitrogen functional groups attached to an aromatic ring is 1. The smallest absolute Gasteiger partial charge is 0.477 e. The number of hydrogen-bond acceptors (Lipinski definition) is 17. The SMILES string of the molecule is CCc1cc(C(=O)O)c[n+]([C@H]2O[C@@H](COP(=O)(O)OP(=O)(O)OC[C@H]3O[C@@H](n4cnc5c(N)ncnc54)[C@H](OP(=O)(O)O)[C@@H]3O)[C@H](O)[C@@H]2O)c1. The number of carboxylic acids is 1. The van der Waals surface area contributed by atoms with Gasteiger partial charge in [-0.25, -0.2) is 33.4 Å². The number of nitrogens with two attached hydrogens (primary N) is 1. The predicted molar refractivity (Wildman–Crippen MR) is 158 cm³/mol. The number of nitrogens with zero attached hydrogens (tertiary/aromatic N) is 5. The van der Waals surface area contributed by atoms with Gasteiger partial charge in [-0.2, -0.15) is 8.88 Å². The van der Waals surface area contributed by atoms with Crippen LogP contribution in [0.15, 0.2) is 31.1 Å². The van der Waals surface area contributed by atoms with Crippen molar-refractivity contribution < 1.29 is 90.4 Å². The lowest BCUT2D eigenvalue weighted by atomic mass is 10.1. The summed E-state index contributed by atoms with van der Waals surface area (Å²) in [4.78, 5) is 62.3. The maximum atomic E-state index is 12.6. The van der Waals surface area contributed by atoms with E-state index in [4.69, 9.17) is 28.8 Å². The van der Waals surface area contributed by atoms with Crippen LogP contribution in [0.25, 0.3) is 11.2 Å². The van der Waals surface area contributed by atoms with Crippen molar-refractivity contribution in [1.82, 2.24) is 19.5 Å². The zero-order valence-electron chi connectivity index (χ0n) is 25.4. The highest BCUT2D eigenvalue weighted by Gasteiger charge is 2.51. The second-order valence-electron chi connectivity index (χ2n) is 10.9. The molecule has 3 aromatic rings. The second-order valence-corrected chi connectivity index (χ2v) is 15.1. The molecule has 2 aliphatic rings. The molecule has 5 heterocycles. The Kier molecular flexibility index (Phi) is 11.2. The maximum Gasteiger partial charge on any atom is 0.481 e. The van der Waals surface area contributed by atoms with E-state index in [1.807, 2.05) is 0 Å². The number of carboxylic acid groups (broad SMARTS) is 1. The molecule has 0 amide bonds. The summed E-state index contributed by atoms with van der Waals surface area (Å²) in [5.41, 5.74) is 6.22. The Morgan fingerprint density at radius 1 is 0.960 bits per heavy atom. The first-order valence-corrected chi connectivity index (χ1v) is 18.8. The highest BCUT2D eigenvalue weighted by molar-refractivity contribution is 7.61. The van der Waals surface area contributed by atoms with Crippen LogP contribution >= 0.6 is 23.5 Å². The van der Waals surface area contributed by atoms with Gasteiger partial charge in [-0.3, -0.25) is 18.1 Å². The average molecular weight is 773 g/mol. The second kappa shape index (κ2) is 14.6. The Bertz CT molecular complexity index is 1880. The molecule has 10 atom stereocenters. The fourth-order valence-electron chi connectivity index (χ4n) is 5.16. The number of hydrogen-bond donors (Lipinski definition) is 9. The first kappa shape index (κ1) is 38.4. The summed E-state index contributed by atoms with van der Waals surface area (Å²) in [5.74, 6) is -1.33. The molecule has 0 saturated carbocycles. The largest absolute Gasteiger partial charge is 0.481 e. The number of phosphoric ester groups is 3. The van der Waals surface area contributed by atoms with E-state index in [0.29, 0.717) is 12.0 Å². The molecule has 10 N–H and O–H groups in total. The van der Waals surface area contributed by atoms with Crippen LogP contribution in [0.1, 0.15) is 35.3 Å². The Morgan fingerprint density at radius 3 is 2.20 bits per heavy atom. The van der Waals surface area contributed by atoms with Crippen LogP contribution in [0.3, 0.4) is 0 Å². The molecule has 50 heavy (non-hydrogen) atoms. The molecule has 0 aromatic carbocycles. The van der Waals surface area contributed by atoms with Gasteiger partial charge in [-0.05, 0) is 12.5 Å². The third-order valence-electron chi connectivity index (χ3n) is 7.47. The van der Waals surface area contributed by atoms with Crippen LogP contribution in [0.4, 0.5) is 5.82 Å². The minimum atomic E-state index is -5.54. The number of carbonyl (C=O) groups is 1. The van der Waals surface area contributed by atoms with Crippen molar-refractivity contribution in [2.75, 3.05) is 18.9 Å². The maximum absolute atomic E-state index is 12.6. The van der Waals surface area contributed by atoms with Crippen molar-refractivity contribution in [1.29, 1.82) is 0 Å². The highest BCUT2D eigenvalue weighted by atomic mass is 31.3. The quantitative estimate of drug-likeness (QED) is 0.0648. The van der Waals surface area contributed by atoms with Gasteiger partial charge < -0.3 is 55.2 Å². The molecular weight excluding hydrogens is 741 g/mol. The van der Waals surface area contributed by atoms with Crippen molar-refractivity contribution in [3.63, 3.8) is 0 Å². The first-order chi connectivity index (χ1) is 23.3. The topological polar surface area (TPSA) is 359 Å². The summed E-state index contributed by atoms with van der Waals surface area (Å²) in [6, 6.07) is 1.39. The van der Waals surface area contributed by atoms with Crippen LogP contribution in [0, 0.1) is 0 Å². The molecule has 27 heteroatoms. The van der Waals surface area contributed by atoms with E-state index in [1.165, 1.54) is 16.8 Å². The lowest BCUT2D eigenvalue weighted by molar-refractivity contribution is -0.766. The lowest BCUT2D eigenvalue weighted by Gasteiger charge is -2.22. The summed E-state index contributed by atoms with van der Waals surface area (Å²) >= 11 is 0. The monoisotopic (exact) mass is 773 g/mol. The molecule has 3 aromatic heterocycles. The first-order valence-electron chi connectivity index (χ1n) is 14.2. The van der Waals surface area contributed by atoms with Gasteiger partial charge in [0.05, 0.1) is 19.5 Å². The molecular formula is C23H32N6O18P3+. The standard InChI is InChI=1S/C23H31N6O18P3/c1-2-10-3-11(23(33)34)5-28(4-10)21-17(32)15(30)12(44-21)6-42-49(38,39)47-50(40,41)43-7-13-16(31)18(46-48(35,36)37)22(45-13)29-9-27-14-19(24)25-8-26-20(14)29/h3-5,8-9,12-13,15-18,21-22,30-32H,2,6-7H2,1H3,(H6-,24,25,26,33,34,35,36,37,38,39,40,41)/p+1/t12-,13+,15-,16+,17-,18+,21-,22+/m0/s1. The van der Waals surface area contributed by atoms with E-state index in [1.54, 1.807) is 6.92 Å². The van der Waals surface area contributed by atoms with Gasteiger partial charge in [0.2, 0.25) is 0 Å². The Hall–Kier alpha value is -2.86. The number of aromatic nitrogens is 5. The molecule has 24 nitrogen and oxygen atoms in total. The number of pyridine rings is 1. The van der Waals surface area contributed by atoms with Crippen molar-refractivity contribution in [3.8, 4) is 0 Å². The predicted octanol–water partition coefficient (Wildman–Crippen LogP) is -1.74. The zero-order valence-corrected chi connectivity index (χ0v) is 28.1. The molecule has 2 fully saturated rings. The number of ether oxygens (including phenoxy) is 2. The fraction of sp³-hybridized carbons (Fsp3) is 0.522. The van der Waals surface area contributed by atoms with Crippen LogP contribution in [0.2, 0.25) is 0 Å². The van der Waals surface area contributed by atoms with Gasteiger partial charge in [0.1, 0.15) is 47.9 Å². The summed E-state index contributed by atoms with van der Waals surface area (Å²) in [6.07, 6.45) is -8.19. The number of aliphatic hydroxyl groups is 3. The van der Waals surface area contributed by atoms with Crippen LogP contribution in [0.5, 0.6) is 0 Å². The molecule has 276 valence electrons. The number of fused-ring (bicyclic) bond motifs is 1. The van der Waals surface area contributed by atoms with Crippen LogP contribution in [-0.2, 0) is 47.5 Å². The van der Waals surface area contributed by atoms with Gasteiger partial charge in [0.25, 0.3) is 6.23 Å². The van der Waals surface area contributed by atoms with Gasteiger partial charge in [0, 0.05) is 5.56 Å². The van der Waals surface area contributed by atoms with E-state index >= 15 is 0 Å². The number of aromatic carboxylic acids is 1. The number of aryl methyl sites for hydroxylation is 1. The van der Waals surface area contributed by atoms with E-state index < -0.39 is 91.7 Å². The Labute approximate surface area is 280 Å². The summed E-state index contributed by atoms with van der Waals surface area (Å²) in [5, 5.41) is 41.2. The van der Waals surface area contributed by atoms with Crippen molar-refractivity contribution in [3.05, 3.63) is 42.2 Å². The van der Waals surface area contributed by atoms with E-state index in [-0.39, 0.29) is 22.5 Å². The van der Waals surface area contributed by atoms with Crippen LogP contribution in [-0.4, -0.2) is 115 Å². The van der Waals surface area contributed by atoms with Crippen molar-refractivity contribution >= 4 is 46.4 Å². The molecule has 5 rings (SSSR count). The van der Waals surface area contributed by atoms with Gasteiger partial charge in [-0.15, -0.1) is 0 Å². The summed E-state index contributed by atoms with van der Waals surface area (Å²) < 4.78 is 68.6. The minimum Gasteiger partial charge on any atom is -0.477 e. The van der Waals surface area contributed by atoms with Gasteiger partial charge in [0.15, 0.2) is 36.2 Å². The number of rotatable bonds is 14. The molecule has 0 bridgehead atoms. The molecule has 0 aliphatic carbocycles. The number of aliphatic hydroxyl groups excluding tert-OH is 3. The zero-order chi connectivity index (χ0) is 36.8. The average Bonchev–Trinajstić information content (AvgIpc) is 3.68. The van der Waals surface area contributed by atoms with Gasteiger partial charge in [-0.1, -0.05) is 6.92 Å². The molecule has 0 spiro atoms. The highest BCUT2D eigenvalue weighted by Crippen LogP contribution is 2.61. The number of imidazole rings is 1. The summed E-state index contributed by atoms with van der Waals surface area (Å²) in [7, 11) is -16.3. The molecule has 2 saturated heterocycles. The molecule has 0 radical (unpaired) electrons. The van der Waals surface area contributed by atoms with Crippen molar-refractivity contribution in [2.45, 2.75) is 62.4 Å². The molecule has 2 unspecified atom stereocenters. The number of anilines is 1. The van der Waals surface area contributed by atoms with Crippen molar-refractivity contribution in [2.24, 2.45) is 0 Å². The third kappa shape index (κ3) is 8.60. The van der Waals surface area contributed by atoms with E-state index in [2.05, 4.69) is 19.3 Å². The lowest BCUT2D eigenvalue weighted by Crippen LogP contribution is -2.46. The minimum absolute atomic E-state index is 0.00149. The summed E-state index contributed by atoms with van der Waals surface area (Å²) in [6.45, 7) is -0.318. The Morgan fingerprint density at radius 2 is 1.60 bits per heavy atom. The molecule has 2 aliphatic heterocycles.